The van der Waals surface area contributed by atoms with Crippen molar-refractivity contribution in [2.75, 3.05) is 5.32 Å². The highest BCUT2D eigenvalue weighted by Gasteiger charge is 2.07. The molecular formula is C18H27N3. The van der Waals surface area contributed by atoms with Gasteiger partial charge in [-0.15, -0.1) is 0 Å². The number of nitrogens with zero attached hydrogens (tertiary/aromatic N) is 2. The van der Waals surface area contributed by atoms with Gasteiger partial charge in [0.1, 0.15) is 0 Å². The van der Waals surface area contributed by atoms with Crippen LogP contribution >= 0.6 is 0 Å². The fourth-order valence-electron chi connectivity index (χ4n) is 2.61. The number of aromatic nitrogens is 2. The molecule has 0 aliphatic carbocycles. The van der Waals surface area contributed by atoms with E-state index >= 15 is 0 Å². The highest BCUT2D eigenvalue weighted by atomic mass is 15.1. The molecule has 1 unspecified atom stereocenters. The third-order valence-electron chi connectivity index (χ3n) is 3.83. The van der Waals surface area contributed by atoms with Crippen molar-refractivity contribution in [3.63, 3.8) is 0 Å². The zero-order valence-electron chi connectivity index (χ0n) is 13.3. The van der Waals surface area contributed by atoms with Crippen LogP contribution in [0.5, 0.6) is 0 Å². The first kappa shape index (κ1) is 15.6. The summed E-state index contributed by atoms with van der Waals surface area (Å²) in [6, 6.07) is 8.91. The van der Waals surface area contributed by atoms with E-state index in [1.807, 2.05) is 18.7 Å². The zero-order valence-corrected chi connectivity index (χ0v) is 13.3. The van der Waals surface area contributed by atoms with Crippen LogP contribution in [0.4, 0.5) is 5.69 Å². The average molecular weight is 285 g/mol. The summed E-state index contributed by atoms with van der Waals surface area (Å²) < 4.78 is 2.05. The largest absolute Gasteiger partial charge is 0.381 e. The molecular weight excluding hydrogens is 258 g/mol. The smallest absolute Gasteiger partial charge is 0.0992 e. The molecule has 0 radical (unpaired) electrons. The lowest BCUT2D eigenvalue weighted by atomic mass is 10.1. The molecule has 3 nitrogen and oxygen atoms in total. The zero-order chi connectivity index (χ0) is 14.9. The van der Waals surface area contributed by atoms with Crippen LogP contribution in [0.25, 0.3) is 5.69 Å². The van der Waals surface area contributed by atoms with E-state index in [9.17, 15) is 0 Å². The van der Waals surface area contributed by atoms with Crippen molar-refractivity contribution in [2.24, 2.45) is 0 Å². The Morgan fingerprint density at radius 2 is 1.95 bits per heavy atom. The van der Waals surface area contributed by atoms with Crippen LogP contribution in [-0.2, 0) is 0 Å². The molecule has 0 spiro atoms. The molecule has 3 heteroatoms. The van der Waals surface area contributed by atoms with Crippen molar-refractivity contribution in [2.45, 2.75) is 58.4 Å². The van der Waals surface area contributed by atoms with E-state index in [0.29, 0.717) is 6.04 Å². The number of hydrogen-bond acceptors (Lipinski definition) is 2. The number of benzene rings is 1. The molecule has 2 rings (SSSR count). The van der Waals surface area contributed by atoms with Gasteiger partial charge in [-0.3, -0.25) is 0 Å². The van der Waals surface area contributed by atoms with Gasteiger partial charge >= 0.3 is 0 Å². The molecule has 0 fully saturated rings. The maximum absolute atomic E-state index is 4.13. The van der Waals surface area contributed by atoms with E-state index < -0.39 is 0 Å². The van der Waals surface area contributed by atoms with Crippen LogP contribution in [0, 0.1) is 0 Å². The molecule has 1 aromatic heterocycles. The van der Waals surface area contributed by atoms with Gasteiger partial charge in [0.2, 0.25) is 0 Å². The second-order valence-corrected chi connectivity index (χ2v) is 5.74. The molecule has 0 aliphatic heterocycles. The molecule has 0 saturated heterocycles. The van der Waals surface area contributed by atoms with E-state index in [1.54, 1.807) is 0 Å². The fourth-order valence-corrected chi connectivity index (χ4v) is 2.61. The second-order valence-electron chi connectivity index (χ2n) is 5.74. The topological polar surface area (TPSA) is 29.9 Å². The molecule has 2 aromatic rings. The number of anilines is 1. The number of para-hydroxylation sites is 2. The van der Waals surface area contributed by atoms with Crippen LogP contribution in [-0.4, -0.2) is 15.6 Å². The predicted molar refractivity (Wildman–Crippen MR) is 90.0 cm³/mol. The lowest BCUT2D eigenvalue weighted by molar-refractivity contribution is 0.578. The fraction of sp³-hybridized carbons (Fsp3) is 0.500. The Kier molecular flexibility index (Phi) is 6.32. The molecule has 1 N–H and O–H groups in total. The quantitative estimate of drug-likeness (QED) is 0.655. The van der Waals surface area contributed by atoms with Crippen LogP contribution in [0.1, 0.15) is 52.4 Å². The van der Waals surface area contributed by atoms with Gasteiger partial charge in [0, 0.05) is 18.4 Å². The Morgan fingerprint density at radius 3 is 2.71 bits per heavy atom. The molecule has 114 valence electrons. The number of unbranched alkanes of at least 4 members (excludes halogenated alkanes) is 4. The van der Waals surface area contributed by atoms with Crippen molar-refractivity contribution in [3.8, 4) is 5.69 Å². The molecule has 1 heterocycles. The molecule has 0 aliphatic rings. The summed E-state index contributed by atoms with van der Waals surface area (Å²) in [5.41, 5.74) is 2.34. The van der Waals surface area contributed by atoms with Crippen molar-refractivity contribution in [3.05, 3.63) is 43.0 Å². The monoisotopic (exact) mass is 285 g/mol. The van der Waals surface area contributed by atoms with Gasteiger partial charge in [0.05, 0.1) is 17.7 Å². The van der Waals surface area contributed by atoms with E-state index in [0.717, 1.165) is 5.69 Å². The third kappa shape index (κ3) is 4.92. The van der Waals surface area contributed by atoms with Crippen molar-refractivity contribution in [1.82, 2.24) is 9.55 Å². The Hall–Kier alpha value is -1.77. The summed E-state index contributed by atoms with van der Waals surface area (Å²) in [5, 5.41) is 3.64. The Balaban J connectivity index is 1.88. The maximum atomic E-state index is 4.13. The third-order valence-corrected chi connectivity index (χ3v) is 3.83. The minimum Gasteiger partial charge on any atom is -0.381 e. The number of rotatable bonds is 9. The normalized spacial score (nSPS) is 12.3. The molecule has 0 amide bonds. The van der Waals surface area contributed by atoms with Crippen molar-refractivity contribution < 1.29 is 0 Å². The lowest BCUT2D eigenvalue weighted by Gasteiger charge is -2.18. The molecule has 21 heavy (non-hydrogen) atoms. The number of imidazole rings is 1. The SMILES string of the molecule is CCCCCCCC(C)Nc1ccccc1-n1ccnc1. The Labute approximate surface area is 128 Å². The summed E-state index contributed by atoms with van der Waals surface area (Å²) in [6.07, 6.45) is 13.6. The minimum atomic E-state index is 0.497. The Bertz CT molecular complexity index is 505. The van der Waals surface area contributed by atoms with Gasteiger partial charge in [-0.25, -0.2) is 4.98 Å². The number of nitrogens with one attached hydrogen (secondary N) is 1. The van der Waals surface area contributed by atoms with Gasteiger partial charge in [0.15, 0.2) is 0 Å². The average Bonchev–Trinajstić information content (AvgIpc) is 3.02. The van der Waals surface area contributed by atoms with Crippen molar-refractivity contribution >= 4 is 5.69 Å². The van der Waals surface area contributed by atoms with Gasteiger partial charge in [-0.2, -0.15) is 0 Å². The summed E-state index contributed by atoms with van der Waals surface area (Å²) in [7, 11) is 0. The van der Waals surface area contributed by atoms with Crippen LogP contribution in [0.15, 0.2) is 43.0 Å². The van der Waals surface area contributed by atoms with Gasteiger partial charge < -0.3 is 9.88 Å². The highest BCUT2D eigenvalue weighted by Crippen LogP contribution is 2.21. The summed E-state index contributed by atoms with van der Waals surface area (Å²) >= 11 is 0. The predicted octanol–water partition coefficient (Wildman–Crippen LogP) is 5.03. The first-order chi connectivity index (χ1) is 10.3. The van der Waals surface area contributed by atoms with Crippen LogP contribution < -0.4 is 5.32 Å². The number of hydrogen-bond donors (Lipinski definition) is 1. The first-order valence-electron chi connectivity index (χ1n) is 8.15. The van der Waals surface area contributed by atoms with Crippen LogP contribution in [0.2, 0.25) is 0 Å². The summed E-state index contributed by atoms with van der Waals surface area (Å²) in [4.78, 5) is 4.13. The highest BCUT2D eigenvalue weighted by molar-refractivity contribution is 5.61. The minimum absolute atomic E-state index is 0.497. The maximum Gasteiger partial charge on any atom is 0.0992 e. The first-order valence-corrected chi connectivity index (χ1v) is 8.15. The van der Waals surface area contributed by atoms with E-state index in [1.165, 1.54) is 44.2 Å². The van der Waals surface area contributed by atoms with Gasteiger partial charge in [-0.1, -0.05) is 51.2 Å². The van der Waals surface area contributed by atoms with E-state index in [4.69, 9.17) is 0 Å². The summed E-state index contributed by atoms with van der Waals surface area (Å²) in [5.74, 6) is 0. The van der Waals surface area contributed by atoms with Gasteiger partial charge in [0.25, 0.3) is 0 Å². The Morgan fingerprint density at radius 1 is 1.14 bits per heavy atom. The standard InChI is InChI=1S/C18H27N3/c1-3-4-5-6-7-10-16(2)20-17-11-8-9-12-18(17)21-14-13-19-15-21/h8-9,11-16,20H,3-7,10H2,1-2H3. The molecule has 0 saturated carbocycles. The summed E-state index contributed by atoms with van der Waals surface area (Å²) in [6.45, 7) is 4.53. The molecule has 0 bridgehead atoms. The lowest BCUT2D eigenvalue weighted by Crippen LogP contribution is -2.16. The van der Waals surface area contributed by atoms with Crippen molar-refractivity contribution in [1.29, 1.82) is 0 Å². The molecule has 1 aromatic carbocycles. The van der Waals surface area contributed by atoms with E-state index in [-0.39, 0.29) is 0 Å². The van der Waals surface area contributed by atoms with E-state index in [2.05, 4.69) is 53.0 Å². The van der Waals surface area contributed by atoms with Gasteiger partial charge in [-0.05, 0) is 25.5 Å². The molecule has 1 atom stereocenters. The van der Waals surface area contributed by atoms with Crippen LogP contribution in [0.3, 0.4) is 0 Å². The second kappa shape index (κ2) is 8.50.